The third-order valence-electron chi connectivity index (χ3n) is 5.98. The van der Waals surface area contributed by atoms with Gasteiger partial charge in [-0.2, -0.15) is 0 Å². The predicted octanol–water partition coefficient (Wildman–Crippen LogP) is 7.82. The van der Waals surface area contributed by atoms with Gasteiger partial charge >= 0.3 is 17.4 Å². The Bertz CT molecular complexity index is 693. The molecule has 0 amide bonds. The molecule has 1 radical (unpaired) electrons. The normalized spacial score (nSPS) is 12.4. The van der Waals surface area contributed by atoms with Gasteiger partial charge in [-0.05, 0) is 0 Å². The van der Waals surface area contributed by atoms with E-state index in [-0.39, 0.29) is 71.3 Å². The second-order valence-electron chi connectivity index (χ2n) is 16.6. The van der Waals surface area contributed by atoms with Crippen molar-refractivity contribution in [3.8, 4) is 0 Å². The zero-order valence-corrected chi connectivity index (χ0v) is 30.3. The molecule has 231 valence electrons. The van der Waals surface area contributed by atoms with Crippen LogP contribution in [0.1, 0.15) is 144 Å². The number of hydrogen-bond acceptors (Lipinski definition) is 6. The molecule has 0 saturated carbocycles. The van der Waals surface area contributed by atoms with Gasteiger partial charge in [0.1, 0.15) is 34.7 Å². The minimum Gasteiger partial charge on any atom is -0.299 e. The molecule has 0 spiro atoms. The van der Waals surface area contributed by atoms with Crippen LogP contribution >= 0.6 is 0 Å². The van der Waals surface area contributed by atoms with Crippen LogP contribution in [-0.2, 0) is 46.1 Å². The van der Waals surface area contributed by atoms with Crippen LogP contribution in [0.25, 0.3) is 0 Å². The van der Waals surface area contributed by atoms with E-state index < -0.39 is 32.5 Å². The summed E-state index contributed by atoms with van der Waals surface area (Å²) in [6.45, 7) is 33.1. The third kappa shape index (κ3) is 21.3. The van der Waals surface area contributed by atoms with Gasteiger partial charge < -0.3 is 0 Å². The Balaban J connectivity index is -0.000000240. The number of Topliss-reactive ketones (excluding diaryl/α,β-unsaturated/α-hetero) is 6. The van der Waals surface area contributed by atoms with Gasteiger partial charge in [0.2, 0.25) is 0 Å². The summed E-state index contributed by atoms with van der Waals surface area (Å²) in [7, 11) is 0. The summed E-state index contributed by atoms with van der Waals surface area (Å²) in [5, 5.41) is 0. The van der Waals surface area contributed by atoms with Crippen molar-refractivity contribution >= 4 is 34.7 Å². The average Bonchev–Trinajstić information content (AvgIpc) is 2.64. The zero-order valence-electron chi connectivity index (χ0n) is 29.0. The fourth-order valence-corrected chi connectivity index (χ4v) is 2.03. The topological polar surface area (TPSA) is 102 Å². The molecule has 0 unspecified atom stereocenters. The quantitative estimate of drug-likeness (QED) is 0.287. The van der Waals surface area contributed by atoms with Crippen molar-refractivity contribution < 1.29 is 46.1 Å². The summed E-state index contributed by atoms with van der Waals surface area (Å²) < 4.78 is 0. The van der Waals surface area contributed by atoms with E-state index in [4.69, 9.17) is 0 Å². The maximum absolute atomic E-state index is 11.5. The van der Waals surface area contributed by atoms with E-state index in [0.717, 1.165) is 0 Å². The van der Waals surface area contributed by atoms with Gasteiger partial charge in [0.25, 0.3) is 0 Å². The average molecular weight is 605 g/mol. The van der Waals surface area contributed by atoms with Gasteiger partial charge in [0, 0.05) is 32.5 Å². The Labute approximate surface area is 256 Å². The molecular weight excluding hydrogens is 544 g/mol. The van der Waals surface area contributed by atoms with Crippen LogP contribution in [0.5, 0.6) is 0 Å². The Hall–Kier alpha value is -1.45. The molecule has 0 N–H and O–H groups in total. The van der Waals surface area contributed by atoms with Gasteiger partial charge in [-0.15, -0.1) is 0 Å². The molecule has 40 heavy (non-hydrogen) atoms. The monoisotopic (exact) mass is 604 g/mol. The number of ketones is 6. The molecule has 0 aliphatic rings. The van der Waals surface area contributed by atoms with Crippen molar-refractivity contribution in [2.45, 2.75) is 144 Å². The summed E-state index contributed by atoms with van der Waals surface area (Å²) in [4.78, 5) is 69.0. The van der Waals surface area contributed by atoms with E-state index >= 15 is 0 Å². The van der Waals surface area contributed by atoms with Crippen LogP contribution in [0.2, 0.25) is 0 Å². The number of hydrogen-bond donors (Lipinski definition) is 0. The standard InChI is InChI=1S/3C11H20O2.Cr/c3*1-10(2,3)8(12)7-9(13)11(4,5)6;/h3*7H2,1-6H3;/q;;;+3. The fraction of sp³-hybridized carbons (Fsp3) is 0.818. The molecule has 0 fully saturated rings. The van der Waals surface area contributed by atoms with E-state index in [1.165, 1.54) is 0 Å². The molecule has 0 aliphatic carbocycles. The maximum Gasteiger partial charge on any atom is 3.00 e. The van der Waals surface area contributed by atoms with Gasteiger partial charge in [-0.3, -0.25) is 28.8 Å². The molecule has 0 atom stereocenters. The van der Waals surface area contributed by atoms with Crippen molar-refractivity contribution in [2.24, 2.45) is 32.5 Å². The Kier molecular flexibility index (Phi) is 18.5. The minimum atomic E-state index is -0.402. The smallest absolute Gasteiger partial charge is 0.299 e. The summed E-state index contributed by atoms with van der Waals surface area (Å²) >= 11 is 0. The number of carbonyl (C=O) groups is 6. The van der Waals surface area contributed by atoms with Crippen molar-refractivity contribution in [3.63, 3.8) is 0 Å². The molecule has 0 saturated heterocycles. The van der Waals surface area contributed by atoms with Crippen molar-refractivity contribution in [1.82, 2.24) is 0 Å². The number of rotatable bonds is 6. The SMILES string of the molecule is CC(C)(C)C(=O)CC(=O)C(C)(C)C.CC(C)(C)C(=O)CC(=O)C(C)(C)C.CC(C)(C)C(=O)CC(=O)C(C)(C)C.[Cr+3]. The maximum atomic E-state index is 11.5. The first kappa shape index (κ1) is 45.5. The molecule has 0 heterocycles. The first-order chi connectivity index (χ1) is 16.6. The summed E-state index contributed by atoms with van der Waals surface area (Å²) in [6.07, 6.45) is 0.187. The second kappa shape index (κ2) is 16.3. The first-order valence-electron chi connectivity index (χ1n) is 13.8. The summed E-state index contributed by atoms with van der Waals surface area (Å²) in [6, 6.07) is 0. The molecular formula is C33H60CrO6+3. The summed E-state index contributed by atoms with van der Waals surface area (Å²) in [5.74, 6) is 0.125. The summed E-state index contributed by atoms with van der Waals surface area (Å²) in [5.41, 5.74) is -2.41. The van der Waals surface area contributed by atoms with Crippen LogP contribution in [0.4, 0.5) is 0 Å². The Morgan fingerprint density at radius 1 is 0.275 bits per heavy atom. The van der Waals surface area contributed by atoms with E-state index in [1.807, 2.05) is 125 Å². The molecule has 0 aliphatic heterocycles. The number of carbonyl (C=O) groups excluding carboxylic acids is 6. The van der Waals surface area contributed by atoms with Crippen LogP contribution in [0.15, 0.2) is 0 Å². The minimum absolute atomic E-state index is 0. The largest absolute Gasteiger partial charge is 3.00 e. The molecule has 0 aromatic carbocycles. The van der Waals surface area contributed by atoms with Crippen LogP contribution < -0.4 is 0 Å². The third-order valence-corrected chi connectivity index (χ3v) is 5.98. The molecule has 6 nitrogen and oxygen atoms in total. The van der Waals surface area contributed by atoms with Crippen molar-refractivity contribution in [3.05, 3.63) is 0 Å². The van der Waals surface area contributed by atoms with Gasteiger partial charge in [0.05, 0.1) is 19.3 Å². The van der Waals surface area contributed by atoms with E-state index in [0.29, 0.717) is 0 Å². The fourth-order valence-electron chi connectivity index (χ4n) is 2.03. The second-order valence-corrected chi connectivity index (χ2v) is 16.6. The van der Waals surface area contributed by atoms with Gasteiger partial charge in [-0.1, -0.05) is 125 Å². The molecule has 0 bridgehead atoms. The van der Waals surface area contributed by atoms with Crippen LogP contribution in [-0.4, -0.2) is 34.7 Å². The van der Waals surface area contributed by atoms with Gasteiger partial charge in [-0.25, -0.2) is 0 Å². The molecule has 0 aromatic rings. The van der Waals surface area contributed by atoms with E-state index in [2.05, 4.69) is 0 Å². The van der Waals surface area contributed by atoms with Gasteiger partial charge in [0.15, 0.2) is 0 Å². The zero-order chi connectivity index (χ0) is 32.6. The molecule has 0 aromatic heterocycles. The van der Waals surface area contributed by atoms with E-state index in [9.17, 15) is 28.8 Å². The van der Waals surface area contributed by atoms with E-state index in [1.54, 1.807) is 0 Å². The Morgan fingerprint density at radius 2 is 0.350 bits per heavy atom. The predicted molar refractivity (Wildman–Crippen MR) is 161 cm³/mol. The van der Waals surface area contributed by atoms with Crippen LogP contribution in [0, 0.1) is 32.5 Å². The molecule has 0 rings (SSSR count). The Morgan fingerprint density at radius 3 is 0.400 bits per heavy atom. The molecule has 7 heteroatoms. The first-order valence-corrected chi connectivity index (χ1v) is 13.8. The van der Waals surface area contributed by atoms with Crippen LogP contribution in [0.3, 0.4) is 0 Å². The van der Waals surface area contributed by atoms with Crippen molar-refractivity contribution in [1.29, 1.82) is 0 Å². The van der Waals surface area contributed by atoms with Crippen molar-refractivity contribution in [2.75, 3.05) is 0 Å².